The zero-order valence-electron chi connectivity index (χ0n) is 11.1. The molecule has 1 atom stereocenters. The Balaban J connectivity index is 2.15. The Bertz CT molecular complexity index is 691. The molecule has 108 valence electrons. The maximum absolute atomic E-state index is 12.2. The molecular formula is C14H12ClN3O3. The summed E-state index contributed by atoms with van der Waals surface area (Å²) in [6.07, 6.45) is 1.48. The van der Waals surface area contributed by atoms with Crippen LogP contribution in [0.2, 0.25) is 5.15 Å². The maximum Gasteiger partial charge on any atom is 0.269 e. The molecule has 0 saturated heterocycles. The number of hydrogen-bond donors (Lipinski definition) is 1. The normalized spacial score (nSPS) is 11.7. The third-order valence-corrected chi connectivity index (χ3v) is 3.18. The summed E-state index contributed by atoms with van der Waals surface area (Å²) in [5.41, 5.74) is 1.05. The number of nitrogens with one attached hydrogen (secondary N) is 1. The van der Waals surface area contributed by atoms with Crippen molar-refractivity contribution in [3.63, 3.8) is 0 Å². The highest BCUT2D eigenvalue weighted by Crippen LogP contribution is 2.22. The average molecular weight is 306 g/mol. The molecule has 0 fully saturated rings. The Hall–Kier alpha value is -2.47. The molecule has 1 aromatic carbocycles. The number of aromatic nitrogens is 1. The van der Waals surface area contributed by atoms with Gasteiger partial charge in [-0.2, -0.15) is 0 Å². The molecule has 1 N–H and O–H groups in total. The lowest BCUT2D eigenvalue weighted by molar-refractivity contribution is -0.384. The Morgan fingerprint density at radius 1 is 1.38 bits per heavy atom. The first-order valence-corrected chi connectivity index (χ1v) is 6.52. The zero-order chi connectivity index (χ0) is 15.4. The van der Waals surface area contributed by atoms with Gasteiger partial charge in [-0.1, -0.05) is 23.7 Å². The van der Waals surface area contributed by atoms with Crippen LogP contribution in [0.3, 0.4) is 0 Å². The van der Waals surface area contributed by atoms with Gasteiger partial charge in [0.1, 0.15) is 5.15 Å². The van der Waals surface area contributed by atoms with Crippen molar-refractivity contribution in [2.45, 2.75) is 12.8 Å². The van der Waals surface area contributed by atoms with E-state index in [2.05, 4.69) is 10.3 Å². The third-order valence-electron chi connectivity index (χ3n) is 2.97. The minimum Gasteiger partial charge on any atom is -0.325 e. The van der Waals surface area contributed by atoms with Crippen molar-refractivity contribution in [2.24, 2.45) is 0 Å². The number of nitro benzene ring substituents is 1. The molecule has 2 aromatic rings. The number of carbonyl (C=O) groups excluding carboxylic acids is 1. The van der Waals surface area contributed by atoms with Crippen LogP contribution in [0.15, 0.2) is 42.6 Å². The van der Waals surface area contributed by atoms with Crippen LogP contribution in [0.4, 0.5) is 11.4 Å². The van der Waals surface area contributed by atoms with Crippen LogP contribution in [0.1, 0.15) is 18.4 Å². The van der Waals surface area contributed by atoms with Crippen LogP contribution in [-0.2, 0) is 4.79 Å². The summed E-state index contributed by atoms with van der Waals surface area (Å²) in [6, 6.07) is 9.15. The molecule has 0 saturated carbocycles. The van der Waals surface area contributed by atoms with E-state index in [4.69, 9.17) is 11.6 Å². The number of nitro groups is 1. The van der Waals surface area contributed by atoms with Crippen molar-refractivity contribution in [3.8, 4) is 0 Å². The maximum atomic E-state index is 12.2. The van der Waals surface area contributed by atoms with Gasteiger partial charge in [-0.05, 0) is 24.6 Å². The molecule has 0 spiro atoms. The SMILES string of the molecule is CC(C(=O)Nc1ccnc(Cl)c1)c1cccc([N+](=O)[O-])c1. The molecule has 1 aromatic heterocycles. The van der Waals surface area contributed by atoms with E-state index < -0.39 is 10.8 Å². The van der Waals surface area contributed by atoms with Gasteiger partial charge in [-0.3, -0.25) is 14.9 Å². The van der Waals surface area contributed by atoms with E-state index in [1.54, 1.807) is 25.1 Å². The fourth-order valence-corrected chi connectivity index (χ4v) is 1.96. The van der Waals surface area contributed by atoms with E-state index in [0.29, 0.717) is 11.3 Å². The van der Waals surface area contributed by atoms with Crippen molar-refractivity contribution in [3.05, 3.63) is 63.4 Å². The molecule has 0 aliphatic carbocycles. The summed E-state index contributed by atoms with van der Waals surface area (Å²) in [6.45, 7) is 1.68. The van der Waals surface area contributed by atoms with Gasteiger partial charge in [0.25, 0.3) is 5.69 Å². The summed E-state index contributed by atoms with van der Waals surface area (Å²) in [7, 11) is 0. The number of pyridine rings is 1. The minimum absolute atomic E-state index is 0.0425. The summed E-state index contributed by atoms with van der Waals surface area (Å²) in [5, 5.41) is 13.7. The van der Waals surface area contributed by atoms with Gasteiger partial charge in [0.2, 0.25) is 5.91 Å². The lowest BCUT2D eigenvalue weighted by Crippen LogP contribution is -2.19. The zero-order valence-corrected chi connectivity index (χ0v) is 11.9. The second-order valence-electron chi connectivity index (χ2n) is 4.43. The van der Waals surface area contributed by atoms with Gasteiger partial charge in [0.15, 0.2) is 0 Å². The first kappa shape index (κ1) is 14.9. The number of anilines is 1. The molecule has 0 radical (unpaired) electrons. The fourth-order valence-electron chi connectivity index (χ4n) is 1.79. The lowest BCUT2D eigenvalue weighted by Gasteiger charge is -2.12. The Morgan fingerprint density at radius 2 is 2.14 bits per heavy atom. The smallest absolute Gasteiger partial charge is 0.269 e. The lowest BCUT2D eigenvalue weighted by atomic mass is 10.00. The van der Waals surface area contributed by atoms with Crippen molar-refractivity contribution < 1.29 is 9.72 Å². The summed E-state index contributed by atoms with van der Waals surface area (Å²) in [4.78, 5) is 26.2. The van der Waals surface area contributed by atoms with Crippen LogP contribution in [-0.4, -0.2) is 15.8 Å². The second kappa shape index (κ2) is 6.32. The fraction of sp³-hybridized carbons (Fsp3) is 0.143. The van der Waals surface area contributed by atoms with Gasteiger partial charge >= 0.3 is 0 Å². The van der Waals surface area contributed by atoms with E-state index in [0.717, 1.165) is 0 Å². The monoisotopic (exact) mass is 305 g/mol. The minimum atomic E-state index is -0.531. The summed E-state index contributed by atoms with van der Waals surface area (Å²) >= 11 is 5.74. The highest BCUT2D eigenvalue weighted by atomic mass is 35.5. The van der Waals surface area contributed by atoms with Crippen molar-refractivity contribution in [1.82, 2.24) is 4.98 Å². The van der Waals surface area contributed by atoms with E-state index in [1.807, 2.05) is 0 Å². The number of halogens is 1. The molecule has 21 heavy (non-hydrogen) atoms. The molecule has 0 bridgehead atoms. The number of amides is 1. The van der Waals surface area contributed by atoms with Crippen LogP contribution >= 0.6 is 11.6 Å². The predicted molar refractivity (Wildman–Crippen MR) is 79.4 cm³/mol. The Morgan fingerprint density at radius 3 is 2.81 bits per heavy atom. The number of benzene rings is 1. The first-order chi connectivity index (χ1) is 9.97. The molecule has 0 aliphatic heterocycles. The molecule has 7 heteroatoms. The van der Waals surface area contributed by atoms with Crippen molar-refractivity contribution in [2.75, 3.05) is 5.32 Å². The van der Waals surface area contributed by atoms with Crippen molar-refractivity contribution in [1.29, 1.82) is 0 Å². The number of non-ortho nitro benzene ring substituents is 1. The topological polar surface area (TPSA) is 85.1 Å². The summed E-state index contributed by atoms with van der Waals surface area (Å²) in [5.74, 6) is -0.811. The predicted octanol–water partition coefficient (Wildman–Crippen LogP) is 3.39. The Kier molecular flexibility index (Phi) is 4.49. The van der Waals surface area contributed by atoms with E-state index in [-0.39, 0.29) is 16.7 Å². The van der Waals surface area contributed by atoms with Gasteiger partial charge in [-0.25, -0.2) is 4.98 Å². The quantitative estimate of drug-likeness (QED) is 0.533. The molecule has 1 unspecified atom stereocenters. The van der Waals surface area contributed by atoms with Gasteiger partial charge in [0, 0.05) is 24.0 Å². The van der Waals surface area contributed by atoms with Crippen LogP contribution in [0.25, 0.3) is 0 Å². The number of rotatable bonds is 4. The van der Waals surface area contributed by atoms with E-state index in [1.165, 1.54) is 24.4 Å². The van der Waals surface area contributed by atoms with Crippen molar-refractivity contribution >= 4 is 28.9 Å². The van der Waals surface area contributed by atoms with E-state index in [9.17, 15) is 14.9 Å². The van der Waals surface area contributed by atoms with Crippen LogP contribution in [0, 0.1) is 10.1 Å². The molecule has 1 heterocycles. The average Bonchev–Trinajstić information content (AvgIpc) is 2.46. The van der Waals surface area contributed by atoms with Gasteiger partial charge in [-0.15, -0.1) is 0 Å². The van der Waals surface area contributed by atoms with Gasteiger partial charge in [0.05, 0.1) is 10.8 Å². The highest BCUT2D eigenvalue weighted by Gasteiger charge is 2.18. The second-order valence-corrected chi connectivity index (χ2v) is 4.82. The van der Waals surface area contributed by atoms with Crippen LogP contribution in [0.5, 0.6) is 0 Å². The number of carbonyl (C=O) groups is 1. The molecule has 0 aliphatic rings. The standard InChI is InChI=1S/C14H12ClN3O3/c1-9(10-3-2-4-12(7-10)18(20)21)14(19)17-11-5-6-16-13(15)8-11/h2-9H,1H3,(H,16,17,19). The van der Waals surface area contributed by atoms with Gasteiger partial charge < -0.3 is 5.32 Å². The third kappa shape index (κ3) is 3.76. The number of nitrogens with zero attached hydrogens (tertiary/aromatic N) is 2. The molecule has 1 amide bonds. The van der Waals surface area contributed by atoms with Crippen LogP contribution < -0.4 is 5.32 Å². The molecular weight excluding hydrogens is 294 g/mol. The highest BCUT2D eigenvalue weighted by molar-refractivity contribution is 6.29. The van der Waals surface area contributed by atoms with E-state index >= 15 is 0 Å². The molecule has 2 rings (SSSR count). The number of hydrogen-bond acceptors (Lipinski definition) is 4. The summed E-state index contributed by atoms with van der Waals surface area (Å²) < 4.78 is 0. The Labute approximate surface area is 125 Å². The largest absolute Gasteiger partial charge is 0.325 e. The first-order valence-electron chi connectivity index (χ1n) is 6.14. The molecule has 6 nitrogen and oxygen atoms in total.